The average Bonchev–Trinajstić information content (AvgIpc) is 2.11. The van der Waals surface area contributed by atoms with E-state index in [1.165, 1.54) is 0 Å². The highest BCUT2D eigenvalue weighted by molar-refractivity contribution is 5.80. The first kappa shape index (κ1) is 11.3. The van der Waals surface area contributed by atoms with Crippen molar-refractivity contribution in [3.05, 3.63) is 0 Å². The Bertz CT molecular complexity index is 246. The molecule has 1 saturated carbocycles. The quantitative estimate of drug-likeness (QED) is 0.263. The van der Waals surface area contributed by atoms with Gasteiger partial charge >= 0.3 is 5.97 Å². The van der Waals surface area contributed by atoms with Crippen molar-refractivity contribution >= 4 is 5.97 Å². The van der Waals surface area contributed by atoms with E-state index in [0.717, 1.165) is 0 Å². The van der Waals surface area contributed by atoms with E-state index < -0.39 is 42.3 Å². The van der Waals surface area contributed by atoms with E-state index in [4.69, 9.17) is 15.9 Å². The van der Waals surface area contributed by atoms with Crippen molar-refractivity contribution in [3.8, 4) is 0 Å². The predicted octanol–water partition coefficient (Wildman–Crippen LogP) is -3.38. The van der Waals surface area contributed by atoms with Gasteiger partial charge in [0.2, 0.25) is 0 Å². The number of carboxylic acids is 1. The van der Waals surface area contributed by atoms with Crippen LogP contribution in [0.4, 0.5) is 0 Å². The number of rotatable bonds is 1. The number of aliphatic hydroxyl groups is 4. The topological polar surface area (TPSA) is 144 Å². The molecule has 0 aromatic rings. The summed E-state index contributed by atoms with van der Waals surface area (Å²) in [5, 5.41) is 45.5. The van der Waals surface area contributed by atoms with Gasteiger partial charge in [-0.3, -0.25) is 4.79 Å². The minimum atomic E-state index is -2.13. The van der Waals surface area contributed by atoms with Crippen molar-refractivity contribution in [2.45, 2.75) is 36.4 Å². The van der Waals surface area contributed by atoms with Crippen molar-refractivity contribution in [3.63, 3.8) is 0 Å². The Kier molecular flexibility index (Phi) is 2.79. The Morgan fingerprint density at radius 2 is 1.71 bits per heavy atom. The highest BCUT2D eigenvalue weighted by Crippen LogP contribution is 2.27. The first-order valence-corrected chi connectivity index (χ1v) is 4.05. The van der Waals surface area contributed by atoms with Crippen LogP contribution in [0.5, 0.6) is 0 Å². The van der Waals surface area contributed by atoms with Crippen molar-refractivity contribution in [1.82, 2.24) is 0 Å². The minimum Gasteiger partial charge on any atom is -0.480 e. The Balaban J connectivity index is 2.96. The minimum absolute atomic E-state index is 0.512. The number of carboxylic acid groups (broad SMARTS) is 1. The Labute approximate surface area is 79.4 Å². The molecule has 7 N–H and O–H groups in total. The molecule has 0 aliphatic heterocycles. The zero-order chi connectivity index (χ0) is 11.1. The largest absolute Gasteiger partial charge is 0.480 e. The summed E-state index contributed by atoms with van der Waals surface area (Å²) >= 11 is 0. The van der Waals surface area contributed by atoms with E-state index in [1.54, 1.807) is 0 Å². The summed E-state index contributed by atoms with van der Waals surface area (Å²) in [5.74, 6) is -1.53. The third-order valence-electron chi connectivity index (χ3n) is 2.54. The molecular weight excluding hydrogens is 194 g/mol. The second-order valence-electron chi connectivity index (χ2n) is 3.54. The molecule has 5 atom stereocenters. The fourth-order valence-electron chi connectivity index (χ4n) is 1.52. The van der Waals surface area contributed by atoms with Gasteiger partial charge in [-0.1, -0.05) is 0 Å². The third kappa shape index (κ3) is 1.49. The van der Waals surface area contributed by atoms with Crippen LogP contribution in [0.1, 0.15) is 6.42 Å². The molecule has 0 radical (unpaired) electrons. The van der Waals surface area contributed by atoms with Crippen LogP contribution in [0.25, 0.3) is 0 Å². The summed E-state index contributed by atoms with van der Waals surface area (Å²) in [6.07, 6.45) is -7.13. The van der Waals surface area contributed by atoms with Crippen LogP contribution in [-0.4, -0.2) is 61.5 Å². The number of carbonyl (C=O) groups is 1. The summed E-state index contributed by atoms with van der Waals surface area (Å²) in [7, 11) is 0. The lowest BCUT2D eigenvalue weighted by Gasteiger charge is -2.42. The van der Waals surface area contributed by atoms with Crippen molar-refractivity contribution in [1.29, 1.82) is 0 Å². The SMILES string of the molecule is N[C@]1(C(=O)O)C[C@@H](O)[C@@H](O)[C@H](O)[C@@H]1O. The number of hydrogen-bond acceptors (Lipinski definition) is 6. The van der Waals surface area contributed by atoms with Crippen LogP contribution in [0, 0.1) is 0 Å². The van der Waals surface area contributed by atoms with Gasteiger partial charge in [0, 0.05) is 6.42 Å². The lowest BCUT2D eigenvalue weighted by Crippen LogP contribution is -2.70. The molecule has 0 spiro atoms. The molecule has 0 unspecified atom stereocenters. The fourth-order valence-corrected chi connectivity index (χ4v) is 1.52. The lowest BCUT2D eigenvalue weighted by molar-refractivity contribution is -0.183. The fraction of sp³-hybridized carbons (Fsp3) is 0.857. The van der Waals surface area contributed by atoms with Crippen molar-refractivity contribution in [2.24, 2.45) is 5.73 Å². The van der Waals surface area contributed by atoms with Crippen LogP contribution >= 0.6 is 0 Å². The predicted molar refractivity (Wildman–Crippen MR) is 43.2 cm³/mol. The lowest BCUT2D eigenvalue weighted by atomic mass is 9.75. The average molecular weight is 207 g/mol. The summed E-state index contributed by atoms with van der Waals surface area (Å²) < 4.78 is 0. The molecule has 7 heteroatoms. The van der Waals surface area contributed by atoms with Gasteiger partial charge in [0.25, 0.3) is 0 Å². The monoisotopic (exact) mass is 207 g/mol. The summed E-state index contributed by atoms with van der Waals surface area (Å²) in [6.45, 7) is 0. The van der Waals surface area contributed by atoms with E-state index in [1.807, 2.05) is 0 Å². The molecule has 0 aromatic carbocycles. The highest BCUT2D eigenvalue weighted by Gasteiger charge is 2.54. The first-order valence-electron chi connectivity index (χ1n) is 4.05. The molecule has 82 valence electrons. The van der Waals surface area contributed by atoms with Gasteiger partial charge in [-0.25, -0.2) is 0 Å². The van der Waals surface area contributed by atoms with Crippen LogP contribution in [-0.2, 0) is 4.79 Å². The van der Waals surface area contributed by atoms with E-state index in [-0.39, 0.29) is 0 Å². The zero-order valence-electron chi connectivity index (χ0n) is 7.24. The highest BCUT2D eigenvalue weighted by atomic mass is 16.4. The Morgan fingerprint density at radius 1 is 1.21 bits per heavy atom. The molecule has 0 saturated heterocycles. The maximum absolute atomic E-state index is 10.7. The maximum atomic E-state index is 10.7. The molecule has 0 bridgehead atoms. The van der Waals surface area contributed by atoms with Crippen LogP contribution in [0.3, 0.4) is 0 Å². The van der Waals surface area contributed by atoms with Gasteiger partial charge in [0.15, 0.2) is 0 Å². The van der Waals surface area contributed by atoms with Gasteiger partial charge in [-0.15, -0.1) is 0 Å². The number of nitrogens with two attached hydrogens (primary N) is 1. The second kappa shape index (κ2) is 3.44. The smallest absolute Gasteiger partial charge is 0.326 e. The Morgan fingerprint density at radius 3 is 2.14 bits per heavy atom. The molecule has 14 heavy (non-hydrogen) atoms. The van der Waals surface area contributed by atoms with Gasteiger partial charge < -0.3 is 31.3 Å². The van der Waals surface area contributed by atoms with Gasteiger partial charge in [-0.05, 0) is 0 Å². The molecule has 0 heterocycles. The Hall–Kier alpha value is -0.730. The number of aliphatic hydroxyl groups excluding tert-OH is 4. The third-order valence-corrected chi connectivity index (χ3v) is 2.54. The van der Waals surface area contributed by atoms with Gasteiger partial charge in [-0.2, -0.15) is 0 Å². The van der Waals surface area contributed by atoms with Crippen LogP contribution in [0.15, 0.2) is 0 Å². The van der Waals surface area contributed by atoms with Crippen molar-refractivity contribution in [2.75, 3.05) is 0 Å². The summed E-state index contributed by atoms with van der Waals surface area (Å²) in [4.78, 5) is 10.7. The number of hydrogen-bond donors (Lipinski definition) is 6. The van der Waals surface area contributed by atoms with Gasteiger partial charge in [0.05, 0.1) is 6.10 Å². The molecule has 0 aromatic heterocycles. The first-order chi connectivity index (χ1) is 6.30. The standard InChI is InChI=1S/C7H13NO6/c8-7(6(13)14)1-2(9)3(10)4(11)5(7)12/h2-5,9-12H,1,8H2,(H,13,14)/t2-,3-,4+,5+,7-/m1/s1. The van der Waals surface area contributed by atoms with Crippen LogP contribution in [0.2, 0.25) is 0 Å². The van der Waals surface area contributed by atoms with E-state index in [0.29, 0.717) is 0 Å². The van der Waals surface area contributed by atoms with Crippen LogP contribution < -0.4 is 5.73 Å². The van der Waals surface area contributed by atoms with E-state index in [2.05, 4.69) is 0 Å². The summed E-state index contributed by atoms with van der Waals surface area (Å²) in [6, 6.07) is 0. The van der Waals surface area contributed by atoms with E-state index >= 15 is 0 Å². The molecule has 1 aliphatic rings. The molecular formula is C7H13NO6. The second-order valence-corrected chi connectivity index (χ2v) is 3.54. The van der Waals surface area contributed by atoms with Gasteiger partial charge in [0.1, 0.15) is 23.9 Å². The van der Waals surface area contributed by atoms with E-state index in [9.17, 15) is 20.1 Å². The zero-order valence-corrected chi connectivity index (χ0v) is 7.24. The normalized spacial score (nSPS) is 48.9. The van der Waals surface area contributed by atoms with Crippen molar-refractivity contribution < 1.29 is 30.3 Å². The molecule has 7 nitrogen and oxygen atoms in total. The summed E-state index contributed by atoms with van der Waals surface area (Å²) in [5.41, 5.74) is 3.18. The maximum Gasteiger partial charge on any atom is 0.326 e. The number of aliphatic carboxylic acids is 1. The molecule has 1 fully saturated rings. The molecule has 1 aliphatic carbocycles. The molecule has 0 amide bonds. The molecule has 1 rings (SSSR count).